The summed E-state index contributed by atoms with van der Waals surface area (Å²) in [5.74, 6) is 0.641. The Morgan fingerprint density at radius 2 is 2.00 bits per heavy atom. The van der Waals surface area contributed by atoms with Crippen molar-refractivity contribution in [3.63, 3.8) is 0 Å². The first kappa shape index (κ1) is 19.8. The highest BCUT2D eigenvalue weighted by Gasteiger charge is 2.29. The minimum Gasteiger partial charge on any atom is -0.420 e. The van der Waals surface area contributed by atoms with Crippen molar-refractivity contribution in [1.29, 1.82) is 0 Å². The largest absolute Gasteiger partial charge is 0.420 e. The Morgan fingerprint density at radius 1 is 1.17 bits per heavy atom. The first-order valence-electron chi connectivity index (χ1n) is 9.46. The van der Waals surface area contributed by atoms with Crippen molar-refractivity contribution in [1.82, 2.24) is 15.1 Å². The van der Waals surface area contributed by atoms with Crippen molar-refractivity contribution in [2.45, 2.75) is 30.1 Å². The minimum absolute atomic E-state index is 0.0281. The molecule has 2 aromatic heterocycles. The van der Waals surface area contributed by atoms with Crippen molar-refractivity contribution < 1.29 is 17.6 Å². The zero-order valence-electron chi connectivity index (χ0n) is 15.7. The second-order valence-electron chi connectivity index (χ2n) is 6.98. The average Bonchev–Trinajstić information content (AvgIpc) is 3.44. The molecule has 0 spiro atoms. The second-order valence-corrected chi connectivity index (χ2v) is 10.0. The quantitative estimate of drug-likeness (QED) is 0.594. The molecule has 0 aliphatic carbocycles. The lowest BCUT2D eigenvalue weighted by molar-refractivity contribution is -0.132. The van der Waals surface area contributed by atoms with Crippen LogP contribution in [0.4, 0.5) is 0 Å². The van der Waals surface area contributed by atoms with Crippen LogP contribution in [0.5, 0.6) is 0 Å². The van der Waals surface area contributed by atoms with Crippen LogP contribution in [0, 0.1) is 0 Å². The number of hydrogen-bond donors (Lipinski definition) is 0. The molecule has 1 aliphatic heterocycles. The molecular formula is C20H21N3O4S2. The van der Waals surface area contributed by atoms with Crippen LogP contribution in [0.2, 0.25) is 0 Å². The average molecular weight is 432 g/mol. The summed E-state index contributed by atoms with van der Waals surface area (Å²) in [6.45, 7) is 1.09. The van der Waals surface area contributed by atoms with Crippen LogP contribution in [0.1, 0.15) is 31.1 Å². The molecule has 4 rings (SSSR count). The number of sulfone groups is 1. The lowest BCUT2D eigenvalue weighted by Crippen LogP contribution is -2.39. The summed E-state index contributed by atoms with van der Waals surface area (Å²) in [5, 5.41) is 10.2. The van der Waals surface area contributed by atoms with Crippen LogP contribution < -0.4 is 0 Å². The summed E-state index contributed by atoms with van der Waals surface area (Å²) < 4.78 is 30.7. The van der Waals surface area contributed by atoms with Gasteiger partial charge in [0.15, 0.2) is 9.84 Å². The highest BCUT2D eigenvalue weighted by atomic mass is 32.2. The third-order valence-electron chi connectivity index (χ3n) is 4.98. The van der Waals surface area contributed by atoms with Gasteiger partial charge >= 0.3 is 0 Å². The van der Waals surface area contributed by atoms with Gasteiger partial charge in [0, 0.05) is 19.5 Å². The summed E-state index contributed by atoms with van der Waals surface area (Å²) in [5.41, 5.74) is 0. The van der Waals surface area contributed by atoms with Crippen molar-refractivity contribution in [3.05, 3.63) is 53.7 Å². The van der Waals surface area contributed by atoms with E-state index in [1.54, 1.807) is 35.2 Å². The van der Waals surface area contributed by atoms with E-state index in [0.717, 1.165) is 17.7 Å². The Bertz CT molecular complexity index is 1060. The Labute approximate surface area is 173 Å². The number of rotatable bonds is 6. The van der Waals surface area contributed by atoms with Gasteiger partial charge in [-0.05, 0) is 36.4 Å². The van der Waals surface area contributed by atoms with Crippen LogP contribution in [-0.2, 0) is 14.6 Å². The van der Waals surface area contributed by atoms with E-state index in [1.807, 2.05) is 17.5 Å². The van der Waals surface area contributed by atoms with Crippen LogP contribution in [0.3, 0.4) is 0 Å². The smallest absolute Gasteiger partial charge is 0.257 e. The van der Waals surface area contributed by atoms with Crippen LogP contribution in [-0.4, -0.2) is 48.3 Å². The summed E-state index contributed by atoms with van der Waals surface area (Å²) in [7, 11) is -3.47. The fraction of sp³-hybridized carbons (Fsp3) is 0.350. The molecule has 1 aliphatic rings. The van der Waals surface area contributed by atoms with E-state index in [-0.39, 0.29) is 28.9 Å². The fourth-order valence-electron chi connectivity index (χ4n) is 3.43. The molecule has 9 heteroatoms. The lowest BCUT2D eigenvalue weighted by Gasteiger charge is -2.31. The van der Waals surface area contributed by atoms with Crippen LogP contribution in [0.25, 0.3) is 10.8 Å². The fourth-order valence-corrected chi connectivity index (χ4v) is 5.33. The summed E-state index contributed by atoms with van der Waals surface area (Å²) in [4.78, 5) is 15.5. The normalized spacial score (nSPS) is 17.4. The molecule has 29 heavy (non-hydrogen) atoms. The number of carbonyl (C=O) groups is 1. The van der Waals surface area contributed by atoms with Gasteiger partial charge < -0.3 is 9.32 Å². The first-order chi connectivity index (χ1) is 14.0. The molecule has 1 unspecified atom stereocenters. The van der Waals surface area contributed by atoms with Gasteiger partial charge in [-0.25, -0.2) is 8.42 Å². The molecule has 1 fully saturated rings. The van der Waals surface area contributed by atoms with E-state index < -0.39 is 9.84 Å². The Morgan fingerprint density at radius 3 is 2.76 bits per heavy atom. The van der Waals surface area contributed by atoms with Crippen LogP contribution >= 0.6 is 11.3 Å². The molecule has 0 N–H and O–H groups in total. The number of benzene rings is 1. The second kappa shape index (κ2) is 8.46. The Hall–Kier alpha value is -2.52. The Balaban J connectivity index is 1.37. The number of piperidine rings is 1. The van der Waals surface area contributed by atoms with E-state index in [2.05, 4.69) is 10.2 Å². The maximum Gasteiger partial charge on any atom is 0.257 e. The molecule has 152 valence electrons. The topological polar surface area (TPSA) is 93.4 Å². The van der Waals surface area contributed by atoms with Crippen molar-refractivity contribution >= 4 is 27.1 Å². The monoisotopic (exact) mass is 431 g/mol. The minimum atomic E-state index is -3.47. The third kappa shape index (κ3) is 4.56. The highest BCUT2D eigenvalue weighted by Crippen LogP contribution is 2.30. The third-order valence-corrected chi connectivity index (χ3v) is 7.57. The summed E-state index contributed by atoms with van der Waals surface area (Å²) >= 11 is 1.53. The number of hydrogen-bond acceptors (Lipinski definition) is 7. The lowest BCUT2D eigenvalue weighted by atomic mass is 9.98. The van der Waals surface area contributed by atoms with Gasteiger partial charge in [0.2, 0.25) is 11.8 Å². The number of aromatic nitrogens is 2. The maximum absolute atomic E-state index is 12.6. The molecule has 1 aromatic carbocycles. The van der Waals surface area contributed by atoms with Gasteiger partial charge in [0.1, 0.15) is 0 Å². The number of amides is 1. The molecule has 1 saturated heterocycles. The molecule has 1 amide bonds. The van der Waals surface area contributed by atoms with Crippen molar-refractivity contribution in [2.75, 3.05) is 18.8 Å². The summed E-state index contributed by atoms with van der Waals surface area (Å²) in [6.07, 6.45) is 1.64. The van der Waals surface area contributed by atoms with E-state index in [1.165, 1.54) is 11.3 Å². The highest BCUT2D eigenvalue weighted by molar-refractivity contribution is 7.91. The number of nitrogens with zero attached hydrogens (tertiary/aromatic N) is 3. The molecule has 3 heterocycles. The van der Waals surface area contributed by atoms with Gasteiger partial charge in [-0.2, -0.15) is 0 Å². The molecule has 3 aromatic rings. The van der Waals surface area contributed by atoms with Crippen LogP contribution in [0.15, 0.2) is 57.2 Å². The van der Waals surface area contributed by atoms with E-state index >= 15 is 0 Å². The molecule has 7 nitrogen and oxygen atoms in total. The molecular weight excluding hydrogens is 410 g/mol. The van der Waals surface area contributed by atoms with Gasteiger partial charge in [0.05, 0.1) is 21.4 Å². The van der Waals surface area contributed by atoms with Crippen molar-refractivity contribution in [2.24, 2.45) is 0 Å². The maximum atomic E-state index is 12.6. The zero-order valence-corrected chi connectivity index (χ0v) is 17.4. The van der Waals surface area contributed by atoms with E-state index in [0.29, 0.717) is 24.9 Å². The standard InChI is InChI=1S/C20H21N3O4S2/c24-18(10-13-29(25,26)16-7-2-1-3-8-16)23-11-4-6-15(14-23)19-21-22-20(27-19)17-9-5-12-28-17/h1-3,5,7-9,12,15H,4,6,10-11,13-14H2. The van der Waals surface area contributed by atoms with E-state index in [4.69, 9.17) is 4.42 Å². The predicted octanol–water partition coefficient (Wildman–Crippen LogP) is 3.37. The van der Waals surface area contributed by atoms with Gasteiger partial charge in [-0.15, -0.1) is 21.5 Å². The first-order valence-corrected chi connectivity index (χ1v) is 12.0. The number of carbonyl (C=O) groups excluding carboxylic acids is 1. The van der Waals surface area contributed by atoms with Gasteiger partial charge in [0.25, 0.3) is 5.89 Å². The zero-order chi connectivity index (χ0) is 20.3. The molecule has 0 radical (unpaired) electrons. The van der Waals surface area contributed by atoms with Crippen molar-refractivity contribution in [3.8, 4) is 10.8 Å². The predicted molar refractivity (Wildman–Crippen MR) is 109 cm³/mol. The van der Waals surface area contributed by atoms with Gasteiger partial charge in [-0.3, -0.25) is 4.79 Å². The summed E-state index contributed by atoms with van der Waals surface area (Å²) in [6, 6.07) is 12.1. The number of thiophene rings is 1. The molecule has 0 saturated carbocycles. The molecule has 1 atom stereocenters. The van der Waals surface area contributed by atoms with Gasteiger partial charge in [-0.1, -0.05) is 24.3 Å². The Kier molecular flexibility index (Phi) is 5.77. The van der Waals surface area contributed by atoms with E-state index in [9.17, 15) is 13.2 Å². The number of likely N-dealkylation sites (tertiary alicyclic amines) is 1. The molecule has 0 bridgehead atoms. The SMILES string of the molecule is O=C(CCS(=O)(=O)c1ccccc1)N1CCCC(c2nnc(-c3cccs3)o2)C1.